The van der Waals surface area contributed by atoms with Crippen LogP contribution in [0.5, 0.6) is 0 Å². The van der Waals surface area contributed by atoms with Gasteiger partial charge < -0.3 is 0 Å². The third-order valence-corrected chi connectivity index (χ3v) is 3.44. The van der Waals surface area contributed by atoms with Crippen molar-refractivity contribution in [2.24, 2.45) is 5.11 Å². The molecule has 23 heavy (non-hydrogen) atoms. The summed E-state index contributed by atoms with van der Waals surface area (Å²) in [5.41, 5.74) is 11.3. The summed E-state index contributed by atoms with van der Waals surface area (Å²) in [6, 6.07) is 12.0. The lowest BCUT2D eigenvalue weighted by molar-refractivity contribution is 1.26. The van der Waals surface area contributed by atoms with Gasteiger partial charge in [-0.1, -0.05) is 46.4 Å². The molecule has 1 heterocycles. The first-order valence-electron chi connectivity index (χ1n) is 6.46. The van der Waals surface area contributed by atoms with Gasteiger partial charge in [-0.05, 0) is 41.8 Å². The van der Waals surface area contributed by atoms with Crippen LogP contribution < -0.4 is 0 Å². The predicted molar refractivity (Wildman–Crippen MR) is 90.8 cm³/mol. The fourth-order valence-electron chi connectivity index (χ4n) is 1.88. The van der Waals surface area contributed by atoms with E-state index in [1.165, 1.54) is 0 Å². The number of halogens is 2. The van der Waals surface area contributed by atoms with Gasteiger partial charge in [0, 0.05) is 21.2 Å². The van der Waals surface area contributed by atoms with Crippen molar-refractivity contribution < 1.29 is 0 Å². The topological polar surface area (TPSA) is 74.5 Å². The Morgan fingerprint density at radius 2 is 1.74 bits per heavy atom. The molecule has 2 aromatic carbocycles. The van der Waals surface area contributed by atoms with Gasteiger partial charge in [-0.25, -0.2) is 9.97 Å². The van der Waals surface area contributed by atoms with Crippen molar-refractivity contribution in [2.75, 3.05) is 0 Å². The van der Waals surface area contributed by atoms with Gasteiger partial charge in [0.15, 0.2) is 10.8 Å². The average molecular weight is 340 g/mol. The molecule has 3 aromatic rings. The van der Waals surface area contributed by atoms with E-state index in [9.17, 15) is 0 Å². The van der Waals surface area contributed by atoms with Gasteiger partial charge in [0.1, 0.15) is 0 Å². The monoisotopic (exact) mass is 339 g/mol. The summed E-state index contributed by atoms with van der Waals surface area (Å²) in [5.74, 6) is 5.84. The highest BCUT2D eigenvalue weighted by atomic mass is 35.5. The Morgan fingerprint density at radius 3 is 2.48 bits per heavy atom. The Hall–Kier alpha value is -2.77. The molecule has 0 aliphatic heterocycles. The fourth-order valence-corrected chi connectivity index (χ4v) is 2.23. The molecule has 0 bridgehead atoms. The van der Waals surface area contributed by atoms with Crippen LogP contribution in [0.2, 0.25) is 10.2 Å². The summed E-state index contributed by atoms with van der Waals surface area (Å²) in [6.45, 7) is 0. The third-order valence-electron chi connectivity index (χ3n) is 2.94. The van der Waals surface area contributed by atoms with E-state index in [2.05, 4.69) is 31.8 Å². The van der Waals surface area contributed by atoms with Crippen molar-refractivity contribution in [2.45, 2.75) is 0 Å². The lowest BCUT2D eigenvalue weighted by Crippen LogP contribution is -1.91. The molecule has 0 N–H and O–H groups in total. The van der Waals surface area contributed by atoms with Gasteiger partial charge in [-0.2, -0.15) is 0 Å². The van der Waals surface area contributed by atoms with Crippen LogP contribution in [0.25, 0.3) is 21.5 Å². The first-order valence-corrected chi connectivity index (χ1v) is 7.21. The van der Waals surface area contributed by atoms with Crippen LogP contribution in [-0.4, -0.2) is 9.97 Å². The number of nitrogens with zero attached hydrogens (tertiary/aromatic N) is 5. The summed E-state index contributed by atoms with van der Waals surface area (Å²) in [4.78, 5) is 11.4. The van der Waals surface area contributed by atoms with Crippen LogP contribution in [0.1, 0.15) is 11.3 Å². The standard InChI is InChI=1S/C16H7Cl2N5/c17-11-4-8-13-15(9-11)20-14(16(18)21-13)7-3-10-1-5-12(6-2-10)22-23-19/h1-2,4-6,8-9H. The van der Waals surface area contributed by atoms with Crippen LogP contribution in [0.15, 0.2) is 47.6 Å². The SMILES string of the molecule is [N-]=[N+]=Nc1ccc(C#Cc2nc3cc(Cl)ccc3nc2Cl)cc1. The van der Waals surface area contributed by atoms with Gasteiger partial charge in [0.2, 0.25) is 0 Å². The molecule has 0 aliphatic rings. The highest BCUT2D eigenvalue weighted by Gasteiger charge is 2.05. The second-order valence-electron chi connectivity index (χ2n) is 4.48. The molecule has 0 atom stereocenters. The Bertz CT molecular complexity index is 997. The number of hydrogen-bond donors (Lipinski definition) is 0. The van der Waals surface area contributed by atoms with Crippen LogP contribution in [0, 0.1) is 11.8 Å². The molecule has 0 spiro atoms. The van der Waals surface area contributed by atoms with Crippen LogP contribution in [0.4, 0.5) is 5.69 Å². The molecule has 1 aromatic heterocycles. The summed E-state index contributed by atoms with van der Waals surface area (Å²) >= 11 is 12.1. The van der Waals surface area contributed by atoms with E-state index >= 15 is 0 Å². The van der Waals surface area contributed by atoms with Crippen molar-refractivity contribution in [3.63, 3.8) is 0 Å². The summed E-state index contributed by atoms with van der Waals surface area (Å²) in [5, 5.41) is 4.30. The molecule has 7 heteroatoms. The van der Waals surface area contributed by atoms with Crippen molar-refractivity contribution in [1.82, 2.24) is 9.97 Å². The van der Waals surface area contributed by atoms with Gasteiger partial charge in [-0.3, -0.25) is 0 Å². The maximum Gasteiger partial charge on any atom is 0.164 e. The molecule has 0 amide bonds. The molecule has 0 fully saturated rings. The lowest BCUT2D eigenvalue weighted by Gasteiger charge is -2.00. The number of azide groups is 1. The molecule has 0 radical (unpaired) electrons. The second-order valence-corrected chi connectivity index (χ2v) is 5.28. The minimum Gasteiger partial charge on any atom is -0.234 e. The lowest BCUT2D eigenvalue weighted by atomic mass is 10.2. The van der Waals surface area contributed by atoms with Gasteiger partial charge in [0.05, 0.1) is 11.0 Å². The Labute approximate surface area is 141 Å². The van der Waals surface area contributed by atoms with E-state index < -0.39 is 0 Å². The minimum absolute atomic E-state index is 0.234. The van der Waals surface area contributed by atoms with E-state index in [4.69, 9.17) is 28.7 Å². The number of rotatable bonds is 1. The quantitative estimate of drug-likeness (QED) is 0.262. The molecule has 0 saturated carbocycles. The van der Waals surface area contributed by atoms with Gasteiger partial charge in [-0.15, -0.1) is 0 Å². The Kier molecular flexibility index (Phi) is 4.31. The van der Waals surface area contributed by atoms with E-state index in [0.717, 1.165) is 5.56 Å². The zero-order valence-electron chi connectivity index (χ0n) is 11.5. The largest absolute Gasteiger partial charge is 0.234 e. The first-order chi connectivity index (χ1) is 11.2. The fraction of sp³-hybridized carbons (Fsp3) is 0. The van der Waals surface area contributed by atoms with Crippen molar-refractivity contribution in [3.05, 3.63) is 74.3 Å². The zero-order chi connectivity index (χ0) is 16.2. The Balaban J connectivity index is 1.98. The minimum atomic E-state index is 0.234. The maximum absolute atomic E-state index is 8.37. The summed E-state index contributed by atoms with van der Waals surface area (Å²) < 4.78 is 0. The van der Waals surface area contributed by atoms with E-state index in [-0.39, 0.29) is 5.15 Å². The van der Waals surface area contributed by atoms with E-state index in [1.807, 2.05) is 0 Å². The van der Waals surface area contributed by atoms with E-state index in [0.29, 0.717) is 27.4 Å². The average Bonchev–Trinajstić information content (AvgIpc) is 2.55. The smallest absolute Gasteiger partial charge is 0.164 e. The summed E-state index contributed by atoms with van der Waals surface area (Å²) in [6.07, 6.45) is 0. The zero-order valence-corrected chi connectivity index (χ0v) is 13.0. The normalized spacial score (nSPS) is 9.83. The highest BCUT2D eigenvalue weighted by Crippen LogP contribution is 2.20. The molecule has 3 rings (SSSR count). The maximum atomic E-state index is 8.37. The molecular formula is C16H7Cl2N5. The molecule has 110 valence electrons. The predicted octanol–water partition coefficient (Wildman–Crippen LogP) is 5.28. The molecular weight excluding hydrogens is 333 g/mol. The van der Waals surface area contributed by atoms with Crippen LogP contribution in [-0.2, 0) is 0 Å². The molecule has 0 aliphatic carbocycles. The highest BCUT2D eigenvalue weighted by molar-refractivity contribution is 6.31. The first kappa shape index (κ1) is 15.1. The number of hydrogen-bond acceptors (Lipinski definition) is 3. The van der Waals surface area contributed by atoms with Crippen molar-refractivity contribution in [1.29, 1.82) is 0 Å². The molecule has 5 nitrogen and oxygen atoms in total. The number of fused-ring (bicyclic) bond motifs is 1. The molecule has 0 unspecified atom stereocenters. The summed E-state index contributed by atoms with van der Waals surface area (Å²) in [7, 11) is 0. The second kappa shape index (κ2) is 6.55. The van der Waals surface area contributed by atoms with Crippen LogP contribution in [0.3, 0.4) is 0 Å². The number of aromatic nitrogens is 2. The Morgan fingerprint density at radius 1 is 0.957 bits per heavy atom. The van der Waals surface area contributed by atoms with Crippen molar-refractivity contribution >= 4 is 39.9 Å². The third kappa shape index (κ3) is 3.53. The van der Waals surface area contributed by atoms with Crippen molar-refractivity contribution in [3.8, 4) is 11.8 Å². The van der Waals surface area contributed by atoms with Crippen LogP contribution >= 0.6 is 23.2 Å². The number of benzene rings is 2. The van der Waals surface area contributed by atoms with E-state index in [1.54, 1.807) is 42.5 Å². The molecule has 0 saturated heterocycles. The van der Waals surface area contributed by atoms with Gasteiger partial charge in [0.25, 0.3) is 0 Å². The van der Waals surface area contributed by atoms with Gasteiger partial charge >= 0.3 is 0 Å².